The third kappa shape index (κ3) is 4.92. The van der Waals surface area contributed by atoms with Crippen molar-refractivity contribution in [2.24, 2.45) is 5.73 Å². The highest BCUT2D eigenvalue weighted by Gasteiger charge is 2.13. The molecule has 2 aromatic rings. The number of likely N-dealkylation sites (N-methyl/N-ethyl adjacent to an activating group) is 1. The molecule has 0 saturated carbocycles. The van der Waals surface area contributed by atoms with Gasteiger partial charge in [0.2, 0.25) is 0 Å². The Morgan fingerprint density at radius 2 is 2.10 bits per heavy atom. The number of hydrogen-bond donors (Lipinski definition) is 1. The summed E-state index contributed by atoms with van der Waals surface area (Å²) < 4.78 is 13.2. The first-order valence-electron chi connectivity index (χ1n) is 7.30. The van der Waals surface area contributed by atoms with Crippen molar-refractivity contribution in [3.05, 3.63) is 58.0 Å². The number of hydrogen-bond acceptors (Lipinski definition) is 3. The molecule has 1 aromatic heterocycles. The SMILES string of the molecule is CC(Cc1cccs1)N(C)CCC(N)c1cccc(F)c1. The molecule has 114 valence electrons. The molecule has 2 N–H and O–H groups in total. The molecule has 0 bridgehead atoms. The summed E-state index contributed by atoms with van der Waals surface area (Å²) in [7, 11) is 2.12. The Labute approximate surface area is 130 Å². The fourth-order valence-electron chi connectivity index (χ4n) is 2.34. The van der Waals surface area contributed by atoms with Crippen LogP contribution in [0.1, 0.15) is 29.8 Å². The quantitative estimate of drug-likeness (QED) is 0.842. The Kier molecular flexibility index (Phi) is 5.91. The van der Waals surface area contributed by atoms with Crippen molar-refractivity contribution in [1.29, 1.82) is 0 Å². The molecule has 1 aromatic carbocycles. The van der Waals surface area contributed by atoms with Crippen LogP contribution in [0.15, 0.2) is 41.8 Å². The van der Waals surface area contributed by atoms with E-state index in [-0.39, 0.29) is 11.9 Å². The van der Waals surface area contributed by atoms with Gasteiger partial charge < -0.3 is 10.6 Å². The summed E-state index contributed by atoms with van der Waals surface area (Å²) in [5, 5.41) is 2.11. The normalized spacial score (nSPS) is 14.3. The van der Waals surface area contributed by atoms with Crippen LogP contribution in [0.2, 0.25) is 0 Å². The highest BCUT2D eigenvalue weighted by Crippen LogP contribution is 2.17. The van der Waals surface area contributed by atoms with Gasteiger partial charge in [-0.3, -0.25) is 0 Å². The number of thiophene rings is 1. The average Bonchev–Trinajstić information content (AvgIpc) is 2.97. The molecular formula is C17H23FN2S. The molecule has 2 rings (SSSR count). The second kappa shape index (κ2) is 7.69. The van der Waals surface area contributed by atoms with E-state index in [0.29, 0.717) is 6.04 Å². The van der Waals surface area contributed by atoms with Gasteiger partial charge in [0, 0.05) is 17.0 Å². The van der Waals surface area contributed by atoms with Crippen molar-refractivity contribution in [3.63, 3.8) is 0 Å². The van der Waals surface area contributed by atoms with Crippen LogP contribution >= 0.6 is 11.3 Å². The lowest BCUT2D eigenvalue weighted by molar-refractivity contribution is 0.248. The molecule has 0 aliphatic carbocycles. The van der Waals surface area contributed by atoms with Gasteiger partial charge in [0.1, 0.15) is 5.82 Å². The lowest BCUT2D eigenvalue weighted by Crippen LogP contribution is -2.33. The van der Waals surface area contributed by atoms with Crippen molar-refractivity contribution in [2.45, 2.75) is 31.8 Å². The molecule has 21 heavy (non-hydrogen) atoms. The minimum absolute atomic E-state index is 0.114. The van der Waals surface area contributed by atoms with Gasteiger partial charge in [-0.2, -0.15) is 0 Å². The van der Waals surface area contributed by atoms with Crippen molar-refractivity contribution in [2.75, 3.05) is 13.6 Å². The third-order valence-electron chi connectivity index (χ3n) is 3.90. The largest absolute Gasteiger partial charge is 0.324 e. The van der Waals surface area contributed by atoms with E-state index in [2.05, 4.69) is 36.4 Å². The van der Waals surface area contributed by atoms with Crippen molar-refractivity contribution >= 4 is 11.3 Å². The lowest BCUT2D eigenvalue weighted by Gasteiger charge is -2.25. The van der Waals surface area contributed by atoms with Crippen LogP contribution in [-0.4, -0.2) is 24.5 Å². The molecule has 2 nitrogen and oxygen atoms in total. The average molecular weight is 306 g/mol. The van der Waals surface area contributed by atoms with Crippen LogP contribution in [0.5, 0.6) is 0 Å². The maximum atomic E-state index is 13.2. The minimum atomic E-state index is -0.220. The highest BCUT2D eigenvalue weighted by molar-refractivity contribution is 7.09. The number of halogens is 1. The summed E-state index contributed by atoms with van der Waals surface area (Å²) in [6.45, 7) is 3.14. The van der Waals surface area contributed by atoms with Crippen molar-refractivity contribution in [1.82, 2.24) is 4.90 Å². The predicted octanol–water partition coefficient (Wildman–Crippen LogP) is 3.84. The topological polar surface area (TPSA) is 29.3 Å². The van der Waals surface area contributed by atoms with E-state index in [9.17, 15) is 4.39 Å². The molecular weight excluding hydrogens is 283 g/mol. The smallest absolute Gasteiger partial charge is 0.123 e. The van der Waals surface area contributed by atoms with E-state index in [1.165, 1.54) is 17.0 Å². The third-order valence-corrected chi connectivity index (χ3v) is 4.80. The monoisotopic (exact) mass is 306 g/mol. The standard InChI is InChI=1S/C17H23FN2S/c1-13(11-16-7-4-10-21-16)20(2)9-8-17(19)14-5-3-6-15(18)12-14/h3-7,10,12-13,17H,8-9,11,19H2,1-2H3. The molecule has 2 unspecified atom stereocenters. The molecule has 0 spiro atoms. The number of rotatable bonds is 7. The van der Waals surface area contributed by atoms with Gasteiger partial charge in [-0.05, 0) is 62.5 Å². The Hall–Kier alpha value is -1.23. The fourth-order valence-corrected chi connectivity index (χ4v) is 3.17. The second-order valence-corrected chi connectivity index (χ2v) is 6.60. The van der Waals surface area contributed by atoms with Gasteiger partial charge in [-0.15, -0.1) is 11.3 Å². The van der Waals surface area contributed by atoms with Gasteiger partial charge in [-0.1, -0.05) is 18.2 Å². The van der Waals surface area contributed by atoms with Gasteiger partial charge in [0.05, 0.1) is 0 Å². The molecule has 0 radical (unpaired) electrons. The van der Waals surface area contributed by atoms with Crippen molar-refractivity contribution < 1.29 is 4.39 Å². The number of benzene rings is 1. The Morgan fingerprint density at radius 1 is 1.29 bits per heavy atom. The van der Waals surface area contributed by atoms with Gasteiger partial charge in [0.25, 0.3) is 0 Å². The maximum Gasteiger partial charge on any atom is 0.123 e. The van der Waals surface area contributed by atoms with E-state index in [1.54, 1.807) is 17.4 Å². The highest BCUT2D eigenvalue weighted by atomic mass is 32.1. The van der Waals surface area contributed by atoms with Crippen LogP contribution in [0.3, 0.4) is 0 Å². The van der Waals surface area contributed by atoms with E-state index < -0.39 is 0 Å². The van der Waals surface area contributed by atoms with E-state index in [4.69, 9.17) is 5.73 Å². The summed E-state index contributed by atoms with van der Waals surface area (Å²) >= 11 is 1.80. The van der Waals surface area contributed by atoms with Crippen LogP contribution in [0.25, 0.3) is 0 Å². The predicted molar refractivity (Wildman–Crippen MR) is 88.1 cm³/mol. The zero-order chi connectivity index (χ0) is 15.2. The molecule has 1 heterocycles. The molecule has 4 heteroatoms. The molecule has 2 atom stereocenters. The Bertz CT molecular complexity index is 541. The van der Waals surface area contributed by atoms with E-state index in [1.807, 2.05) is 6.07 Å². The lowest BCUT2D eigenvalue weighted by atomic mass is 10.0. The van der Waals surface area contributed by atoms with E-state index >= 15 is 0 Å². The molecule has 0 saturated heterocycles. The summed E-state index contributed by atoms with van der Waals surface area (Å²) in [5.41, 5.74) is 7.03. The summed E-state index contributed by atoms with van der Waals surface area (Å²) in [6, 6.07) is 11.2. The van der Waals surface area contributed by atoms with Crippen LogP contribution in [0.4, 0.5) is 4.39 Å². The molecule has 0 aliphatic heterocycles. The first-order chi connectivity index (χ1) is 10.1. The maximum absolute atomic E-state index is 13.2. The molecule has 0 amide bonds. The van der Waals surface area contributed by atoms with Crippen LogP contribution in [-0.2, 0) is 6.42 Å². The fraction of sp³-hybridized carbons (Fsp3) is 0.412. The first kappa shape index (κ1) is 16.1. The van der Waals surface area contributed by atoms with Gasteiger partial charge in [0.15, 0.2) is 0 Å². The molecule has 0 fully saturated rings. The summed E-state index contributed by atoms with van der Waals surface area (Å²) in [4.78, 5) is 3.72. The second-order valence-electron chi connectivity index (χ2n) is 5.56. The number of nitrogens with zero attached hydrogens (tertiary/aromatic N) is 1. The zero-order valence-electron chi connectivity index (χ0n) is 12.6. The summed E-state index contributed by atoms with van der Waals surface area (Å²) in [6.07, 6.45) is 1.89. The summed E-state index contributed by atoms with van der Waals surface area (Å²) in [5.74, 6) is -0.220. The van der Waals surface area contributed by atoms with Crippen LogP contribution in [0, 0.1) is 5.82 Å². The zero-order valence-corrected chi connectivity index (χ0v) is 13.4. The molecule has 0 aliphatic rings. The Balaban J connectivity index is 1.81. The van der Waals surface area contributed by atoms with E-state index in [0.717, 1.165) is 24.9 Å². The van der Waals surface area contributed by atoms with Gasteiger partial charge in [-0.25, -0.2) is 4.39 Å². The number of nitrogens with two attached hydrogens (primary N) is 1. The first-order valence-corrected chi connectivity index (χ1v) is 8.18. The van der Waals surface area contributed by atoms with Gasteiger partial charge >= 0.3 is 0 Å². The van der Waals surface area contributed by atoms with Crippen LogP contribution < -0.4 is 5.73 Å². The van der Waals surface area contributed by atoms with Crippen molar-refractivity contribution in [3.8, 4) is 0 Å². The minimum Gasteiger partial charge on any atom is -0.324 e. The Morgan fingerprint density at radius 3 is 2.76 bits per heavy atom.